The van der Waals surface area contributed by atoms with Gasteiger partial charge in [0.25, 0.3) is 0 Å². The van der Waals surface area contributed by atoms with E-state index in [1.54, 1.807) is 6.07 Å². The number of halogens is 4. The number of alkyl halides is 3. The lowest BCUT2D eigenvalue weighted by molar-refractivity contribution is -0.141. The largest absolute Gasteiger partial charge is 0.435 e. The van der Waals surface area contributed by atoms with Crippen LogP contribution in [0.5, 0.6) is 0 Å². The monoisotopic (exact) mass is 436 g/mol. The summed E-state index contributed by atoms with van der Waals surface area (Å²) in [4.78, 5) is 9.32. The summed E-state index contributed by atoms with van der Waals surface area (Å²) < 4.78 is 40.5. The average molecular weight is 437 g/mol. The van der Waals surface area contributed by atoms with Gasteiger partial charge in [-0.15, -0.1) is 0 Å². The molecule has 0 bridgehead atoms. The second-order valence-corrected chi connectivity index (χ2v) is 7.47. The standard InChI is InChI=1S/C19H16BrF3N4/c20-16-7-3-5-13(24-16)18(10-1-2-11-18)14-6-4-8-17(25-14)27-12-9-15(26-27)19(21,22)23/h3-9,12H,1-2,10-11H2. The smallest absolute Gasteiger partial charge is 0.245 e. The van der Waals surface area contributed by atoms with Gasteiger partial charge in [0.15, 0.2) is 11.5 Å². The van der Waals surface area contributed by atoms with Gasteiger partial charge in [0.1, 0.15) is 4.60 Å². The molecule has 4 rings (SSSR count). The Bertz CT molecular complexity index is 961. The molecular weight excluding hydrogens is 421 g/mol. The molecule has 0 aliphatic heterocycles. The third-order valence-corrected chi connectivity index (χ3v) is 5.44. The topological polar surface area (TPSA) is 43.6 Å². The molecule has 0 spiro atoms. The molecule has 140 valence electrons. The van der Waals surface area contributed by atoms with Crippen LogP contribution in [0.15, 0.2) is 53.3 Å². The number of hydrogen-bond acceptors (Lipinski definition) is 3. The van der Waals surface area contributed by atoms with Gasteiger partial charge in [-0.05, 0) is 59.1 Å². The Morgan fingerprint density at radius 3 is 2.22 bits per heavy atom. The van der Waals surface area contributed by atoms with Crippen molar-refractivity contribution in [3.63, 3.8) is 0 Å². The summed E-state index contributed by atoms with van der Waals surface area (Å²) >= 11 is 3.43. The van der Waals surface area contributed by atoms with Crippen LogP contribution in [-0.2, 0) is 11.6 Å². The predicted molar refractivity (Wildman–Crippen MR) is 97.5 cm³/mol. The highest BCUT2D eigenvalue weighted by molar-refractivity contribution is 9.10. The fourth-order valence-electron chi connectivity index (χ4n) is 3.72. The summed E-state index contributed by atoms with van der Waals surface area (Å²) in [6.45, 7) is 0. The van der Waals surface area contributed by atoms with Gasteiger partial charge < -0.3 is 0 Å². The minimum absolute atomic E-state index is 0.334. The van der Waals surface area contributed by atoms with Crippen molar-refractivity contribution in [2.75, 3.05) is 0 Å². The molecule has 4 nitrogen and oxygen atoms in total. The lowest BCUT2D eigenvalue weighted by Crippen LogP contribution is -2.27. The maximum Gasteiger partial charge on any atom is 0.435 e. The first-order valence-electron chi connectivity index (χ1n) is 8.62. The first-order valence-corrected chi connectivity index (χ1v) is 9.42. The van der Waals surface area contributed by atoms with E-state index < -0.39 is 11.9 Å². The van der Waals surface area contributed by atoms with Crippen molar-refractivity contribution < 1.29 is 13.2 Å². The van der Waals surface area contributed by atoms with Gasteiger partial charge in [-0.3, -0.25) is 0 Å². The Balaban J connectivity index is 1.77. The summed E-state index contributed by atoms with van der Waals surface area (Å²) in [5.41, 5.74) is 0.473. The fraction of sp³-hybridized carbons (Fsp3) is 0.316. The van der Waals surface area contributed by atoms with E-state index in [2.05, 4.69) is 31.0 Å². The molecule has 0 aromatic carbocycles. The average Bonchev–Trinajstić information content (AvgIpc) is 3.32. The Kier molecular flexibility index (Phi) is 4.53. The van der Waals surface area contributed by atoms with Gasteiger partial charge in [0.2, 0.25) is 0 Å². The second kappa shape index (κ2) is 6.74. The molecule has 1 aliphatic carbocycles. The van der Waals surface area contributed by atoms with Crippen LogP contribution in [0.25, 0.3) is 5.82 Å². The molecule has 0 amide bonds. The normalized spacial score (nSPS) is 16.6. The minimum atomic E-state index is -4.48. The van der Waals surface area contributed by atoms with Crippen LogP contribution < -0.4 is 0 Å². The van der Waals surface area contributed by atoms with Crippen LogP contribution in [0.2, 0.25) is 0 Å². The minimum Gasteiger partial charge on any atom is -0.245 e. The van der Waals surface area contributed by atoms with Crippen molar-refractivity contribution in [3.05, 3.63) is 70.3 Å². The first-order chi connectivity index (χ1) is 12.9. The van der Waals surface area contributed by atoms with Crippen LogP contribution in [0.4, 0.5) is 13.2 Å². The van der Waals surface area contributed by atoms with Gasteiger partial charge in [0.05, 0.1) is 16.8 Å². The molecule has 0 atom stereocenters. The molecular formula is C19H16BrF3N4. The highest BCUT2D eigenvalue weighted by Crippen LogP contribution is 2.45. The molecule has 0 radical (unpaired) electrons. The van der Waals surface area contributed by atoms with E-state index in [1.807, 2.05) is 30.3 Å². The Morgan fingerprint density at radius 1 is 0.926 bits per heavy atom. The van der Waals surface area contributed by atoms with Gasteiger partial charge in [-0.2, -0.15) is 18.3 Å². The summed E-state index contributed by atoms with van der Waals surface area (Å²) in [7, 11) is 0. The van der Waals surface area contributed by atoms with Crippen LogP contribution >= 0.6 is 15.9 Å². The quantitative estimate of drug-likeness (QED) is 0.522. The van der Waals surface area contributed by atoms with E-state index in [-0.39, 0.29) is 5.41 Å². The van der Waals surface area contributed by atoms with E-state index in [9.17, 15) is 13.2 Å². The predicted octanol–water partition coefficient (Wildman–Crippen LogP) is 5.30. The van der Waals surface area contributed by atoms with Crippen molar-refractivity contribution >= 4 is 15.9 Å². The first kappa shape index (κ1) is 18.2. The van der Waals surface area contributed by atoms with Gasteiger partial charge in [0, 0.05) is 6.20 Å². The molecule has 1 fully saturated rings. The van der Waals surface area contributed by atoms with Crippen molar-refractivity contribution in [2.24, 2.45) is 0 Å². The zero-order chi connectivity index (χ0) is 19.1. The summed E-state index contributed by atoms with van der Waals surface area (Å²) in [5, 5.41) is 3.64. The Morgan fingerprint density at radius 2 is 1.59 bits per heavy atom. The Hall–Kier alpha value is -2.22. The van der Waals surface area contributed by atoms with E-state index in [0.29, 0.717) is 5.82 Å². The summed E-state index contributed by atoms with van der Waals surface area (Å²) in [5.74, 6) is 0.365. The molecule has 8 heteroatoms. The molecule has 3 aromatic rings. The summed E-state index contributed by atoms with van der Waals surface area (Å²) in [6, 6.07) is 12.2. The molecule has 27 heavy (non-hydrogen) atoms. The maximum absolute atomic E-state index is 12.9. The third kappa shape index (κ3) is 3.38. The van der Waals surface area contributed by atoms with Crippen LogP contribution in [0, 0.1) is 0 Å². The number of hydrogen-bond donors (Lipinski definition) is 0. The summed E-state index contributed by atoms with van der Waals surface area (Å²) in [6.07, 6.45) is 0.725. The number of nitrogens with zero attached hydrogens (tertiary/aromatic N) is 4. The number of pyridine rings is 2. The molecule has 1 aliphatic rings. The van der Waals surface area contributed by atoms with E-state index in [0.717, 1.165) is 47.7 Å². The van der Waals surface area contributed by atoms with Crippen molar-refractivity contribution in [1.82, 2.24) is 19.7 Å². The lowest BCUT2D eigenvalue weighted by Gasteiger charge is -2.28. The van der Waals surface area contributed by atoms with E-state index in [1.165, 1.54) is 10.9 Å². The molecule has 3 aromatic heterocycles. The van der Waals surface area contributed by atoms with Gasteiger partial charge in [-0.25, -0.2) is 14.6 Å². The van der Waals surface area contributed by atoms with Crippen molar-refractivity contribution in [1.29, 1.82) is 0 Å². The molecule has 0 N–H and O–H groups in total. The number of rotatable bonds is 3. The molecule has 3 heterocycles. The Labute approximate surface area is 162 Å². The zero-order valence-corrected chi connectivity index (χ0v) is 15.8. The molecule has 1 saturated carbocycles. The maximum atomic E-state index is 12.9. The van der Waals surface area contributed by atoms with Crippen molar-refractivity contribution in [3.8, 4) is 5.82 Å². The fourth-order valence-corrected chi connectivity index (χ4v) is 4.06. The van der Waals surface area contributed by atoms with Crippen molar-refractivity contribution in [2.45, 2.75) is 37.3 Å². The van der Waals surface area contributed by atoms with E-state index >= 15 is 0 Å². The zero-order valence-electron chi connectivity index (χ0n) is 14.2. The highest BCUT2D eigenvalue weighted by atomic mass is 79.9. The second-order valence-electron chi connectivity index (χ2n) is 6.66. The number of aromatic nitrogens is 4. The van der Waals surface area contributed by atoms with Gasteiger partial charge >= 0.3 is 6.18 Å². The lowest BCUT2D eigenvalue weighted by atomic mass is 9.78. The SMILES string of the molecule is FC(F)(F)c1ccn(-c2cccc(C3(c4cccc(Br)n4)CCCC3)n2)n1. The third-order valence-electron chi connectivity index (χ3n) is 5.00. The van der Waals surface area contributed by atoms with Crippen LogP contribution in [-0.4, -0.2) is 19.7 Å². The van der Waals surface area contributed by atoms with E-state index in [4.69, 9.17) is 0 Å². The molecule has 0 saturated heterocycles. The van der Waals surface area contributed by atoms with Crippen LogP contribution in [0.3, 0.4) is 0 Å². The molecule has 0 unspecified atom stereocenters. The highest BCUT2D eigenvalue weighted by Gasteiger charge is 2.40. The van der Waals surface area contributed by atoms with Crippen LogP contribution in [0.1, 0.15) is 42.8 Å². The van der Waals surface area contributed by atoms with Gasteiger partial charge in [-0.1, -0.05) is 25.0 Å².